The molecular formula is C15H24N2O. The number of rotatable bonds is 5. The predicted octanol–water partition coefficient (Wildman–Crippen LogP) is 2.94. The summed E-state index contributed by atoms with van der Waals surface area (Å²) in [5.41, 5.74) is 4.41. The number of carbonyl (C=O) groups excluding carboxylic acids is 1. The number of hydrogen-bond donors (Lipinski definition) is 2. The summed E-state index contributed by atoms with van der Waals surface area (Å²) >= 11 is 0. The topological polar surface area (TPSA) is 41.1 Å². The molecule has 0 aromatic heterocycles. The Morgan fingerprint density at radius 2 is 1.78 bits per heavy atom. The van der Waals surface area contributed by atoms with Gasteiger partial charge < -0.3 is 10.6 Å². The molecule has 1 atom stereocenters. The Kier molecular flexibility index (Phi) is 5.35. The second-order valence-corrected chi connectivity index (χ2v) is 4.89. The summed E-state index contributed by atoms with van der Waals surface area (Å²) in [6.07, 6.45) is 1.84. The average Bonchev–Trinajstić information content (AvgIpc) is 2.30. The van der Waals surface area contributed by atoms with Gasteiger partial charge in [-0.05, 0) is 45.4 Å². The Labute approximate surface area is 110 Å². The zero-order valence-corrected chi connectivity index (χ0v) is 12.1. The molecule has 0 spiro atoms. The largest absolute Gasteiger partial charge is 0.324 e. The van der Waals surface area contributed by atoms with Crippen molar-refractivity contribution in [1.82, 2.24) is 5.32 Å². The molecule has 1 aromatic carbocycles. The van der Waals surface area contributed by atoms with Crippen LogP contribution in [0.25, 0.3) is 0 Å². The van der Waals surface area contributed by atoms with Crippen molar-refractivity contribution in [2.75, 3.05) is 12.4 Å². The number of anilines is 1. The quantitative estimate of drug-likeness (QED) is 0.841. The van der Waals surface area contributed by atoms with E-state index in [4.69, 9.17) is 0 Å². The Balaban J connectivity index is 2.87. The van der Waals surface area contributed by atoms with Crippen molar-refractivity contribution in [3.8, 4) is 0 Å². The molecule has 0 saturated carbocycles. The number of likely N-dealkylation sites (N-methyl/N-ethyl adjacent to an activating group) is 1. The second kappa shape index (κ2) is 6.55. The van der Waals surface area contributed by atoms with Gasteiger partial charge in [0.1, 0.15) is 0 Å². The van der Waals surface area contributed by atoms with Gasteiger partial charge in [-0.15, -0.1) is 0 Å². The molecule has 1 aromatic rings. The fourth-order valence-corrected chi connectivity index (χ4v) is 2.28. The minimum absolute atomic E-state index is 0.0504. The summed E-state index contributed by atoms with van der Waals surface area (Å²) in [7, 11) is 1.83. The summed E-state index contributed by atoms with van der Waals surface area (Å²) in [6.45, 7) is 8.21. The highest BCUT2D eigenvalue weighted by Crippen LogP contribution is 2.22. The van der Waals surface area contributed by atoms with Crippen LogP contribution < -0.4 is 10.6 Å². The van der Waals surface area contributed by atoms with E-state index in [0.717, 1.165) is 29.7 Å². The van der Waals surface area contributed by atoms with Gasteiger partial charge in [0.05, 0.1) is 6.04 Å². The van der Waals surface area contributed by atoms with Gasteiger partial charge >= 0.3 is 0 Å². The molecule has 0 aliphatic rings. The molecular weight excluding hydrogens is 224 g/mol. The van der Waals surface area contributed by atoms with E-state index in [-0.39, 0.29) is 11.9 Å². The number of hydrogen-bond acceptors (Lipinski definition) is 2. The molecule has 100 valence electrons. The molecule has 2 N–H and O–H groups in total. The fraction of sp³-hybridized carbons (Fsp3) is 0.533. The van der Waals surface area contributed by atoms with Crippen LogP contribution in [-0.2, 0) is 4.79 Å². The maximum atomic E-state index is 12.1. The van der Waals surface area contributed by atoms with Crippen LogP contribution in [-0.4, -0.2) is 19.0 Å². The Morgan fingerprint density at radius 3 is 2.22 bits per heavy atom. The van der Waals surface area contributed by atoms with Gasteiger partial charge in [-0.2, -0.15) is 0 Å². The first-order valence-electron chi connectivity index (χ1n) is 6.55. The number of amides is 1. The van der Waals surface area contributed by atoms with Crippen LogP contribution in [0.15, 0.2) is 12.1 Å². The third-order valence-corrected chi connectivity index (χ3v) is 3.17. The van der Waals surface area contributed by atoms with E-state index < -0.39 is 0 Å². The van der Waals surface area contributed by atoms with Gasteiger partial charge in [0.25, 0.3) is 0 Å². The molecule has 0 saturated heterocycles. The highest BCUT2D eigenvalue weighted by molar-refractivity contribution is 5.96. The summed E-state index contributed by atoms with van der Waals surface area (Å²) in [6, 6.07) is 4.07. The molecule has 1 rings (SSSR count). The standard InChI is InChI=1S/C15H24N2O/c1-6-7-13(16-5)15(18)17-14-11(3)8-10(2)9-12(14)4/h8-9,13,16H,6-7H2,1-5H3,(H,17,18). The van der Waals surface area contributed by atoms with Crippen LogP contribution in [0, 0.1) is 20.8 Å². The number of aryl methyl sites for hydroxylation is 3. The van der Waals surface area contributed by atoms with E-state index in [1.165, 1.54) is 5.56 Å². The first-order valence-corrected chi connectivity index (χ1v) is 6.55. The number of nitrogens with one attached hydrogen (secondary N) is 2. The lowest BCUT2D eigenvalue weighted by Crippen LogP contribution is -2.38. The lowest BCUT2D eigenvalue weighted by atomic mass is 10.0. The van der Waals surface area contributed by atoms with Gasteiger partial charge in [-0.1, -0.05) is 31.0 Å². The summed E-state index contributed by atoms with van der Waals surface area (Å²) < 4.78 is 0. The van der Waals surface area contributed by atoms with E-state index in [9.17, 15) is 4.79 Å². The number of carbonyl (C=O) groups is 1. The van der Waals surface area contributed by atoms with Crippen molar-refractivity contribution in [2.24, 2.45) is 0 Å². The lowest BCUT2D eigenvalue weighted by Gasteiger charge is -2.18. The van der Waals surface area contributed by atoms with Crippen LogP contribution in [0.1, 0.15) is 36.5 Å². The molecule has 0 bridgehead atoms. The Morgan fingerprint density at radius 1 is 1.22 bits per heavy atom. The van der Waals surface area contributed by atoms with E-state index in [1.807, 2.05) is 20.9 Å². The molecule has 3 heteroatoms. The third kappa shape index (κ3) is 3.57. The third-order valence-electron chi connectivity index (χ3n) is 3.17. The van der Waals surface area contributed by atoms with Crippen molar-refractivity contribution in [2.45, 2.75) is 46.6 Å². The van der Waals surface area contributed by atoms with Crippen LogP contribution >= 0.6 is 0 Å². The van der Waals surface area contributed by atoms with Crippen LogP contribution in [0.2, 0.25) is 0 Å². The Hall–Kier alpha value is -1.35. The average molecular weight is 248 g/mol. The van der Waals surface area contributed by atoms with Crippen molar-refractivity contribution >= 4 is 11.6 Å². The maximum absolute atomic E-state index is 12.1. The first kappa shape index (κ1) is 14.7. The van der Waals surface area contributed by atoms with Gasteiger partial charge in [0.15, 0.2) is 0 Å². The predicted molar refractivity (Wildman–Crippen MR) is 77.0 cm³/mol. The SMILES string of the molecule is CCCC(NC)C(=O)Nc1c(C)cc(C)cc1C. The van der Waals surface area contributed by atoms with Gasteiger partial charge in [0, 0.05) is 5.69 Å². The molecule has 1 unspecified atom stereocenters. The first-order chi connectivity index (χ1) is 8.49. The summed E-state index contributed by atoms with van der Waals surface area (Å²) in [5, 5.41) is 6.10. The Bertz CT molecular complexity index is 403. The molecule has 0 heterocycles. The minimum atomic E-state index is -0.116. The molecule has 0 aliphatic carbocycles. The monoisotopic (exact) mass is 248 g/mol. The van der Waals surface area contributed by atoms with E-state index in [2.05, 4.69) is 36.6 Å². The molecule has 18 heavy (non-hydrogen) atoms. The van der Waals surface area contributed by atoms with Gasteiger partial charge in [-0.25, -0.2) is 0 Å². The van der Waals surface area contributed by atoms with Crippen LogP contribution in [0.5, 0.6) is 0 Å². The number of benzene rings is 1. The smallest absolute Gasteiger partial charge is 0.241 e. The fourth-order valence-electron chi connectivity index (χ4n) is 2.28. The summed E-state index contributed by atoms with van der Waals surface area (Å²) in [4.78, 5) is 12.1. The van der Waals surface area contributed by atoms with Crippen LogP contribution in [0.3, 0.4) is 0 Å². The van der Waals surface area contributed by atoms with Crippen LogP contribution in [0.4, 0.5) is 5.69 Å². The highest BCUT2D eigenvalue weighted by Gasteiger charge is 2.16. The van der Waals surface area contributed by atoms with Gasteiger partial charge in [0.2, 0.25) is 5.91 Å². The summed E-state index contributed by atoms with van der Waals surface area (Å²) in [5.74, 6) is 0.0504. The van der Waals surface area contributed by atoms with Crippen molar-refractivity contribution in [1.29, 1.82) is 0 Å². The van der Waals surface area contributed by atoms with Crippen molar-refractivity contribution in [3.05, 3.63) is 28.8 Å². The van der Waals surface area contributed by atoms with E-state index in [0.29, 0.717) is 0 Å². The lowest BCUT2D eigenvalue weighted by molar-refractivity contribution is -0.118. The molecule has 3 nitrogen and oxygen atoms in total. The molecule has 0 aliphatic heterocycles. The van der Waals surface area contributed by atoms with Crippen molar-refractivity contribution in [3.63, 3.8) is 0 Å². The van der Waals surface area contributed by atoms with E-state index >= 15 is 0 Å². The van der Waals surface area contributed by atoms with Crippen molar-refractivity contribution < 1.29 is 4.79 Å². The molecule has 0 fully saturated rings. The minimum Gasteiger partial charge on any atom is -0.324 e. The zero-order valence-electron chi connectivity index (χ0n) is 12.1. The zero-order chi connectivity index (χ0) is 13.7. The van der Waals surface area contributed by atoms with E-state index in [1.54, 1.807) is 0 Å². The maximum Gasteiger partial charge on any atom is 0.241 e. The molecule has 0 radical (unpaired) electrons. The normalized spacial score (nSPS) is 12.3. The van der Waals surface area contributed by atoms with Gasteiger partial charge in [-0.3, -0.25) is 4.79 Å². The molecule has 1 amide bonds. The highest BCUT2D eigenvalue weighted by atomic mass is 16.2. The second-order valence-electron chi connectivity index (χ2n) is 4.89.